The van der Waals surface area contributed by atoms with Crippen molar-refractivity contribution in [1.29, 1.82) is 0 Å². The molecule has 0 spiro atoms. The van der Waals surface area contributed by atoms with E-state index in [1.807, 2.05) is 13.8 Å². The zero-order valence-electron chi connectivity index (χ0n) is 8.33. The molecule has 3 aliphatic carbocycles. The summed E-state index contributed by atoms with van der Waals surface area (Å²) in [5, 5.41) is 0. The van der Waals surface area contributed by atoms with Crippen LogP contribution in [0.3, 0.4) is 0 Å². The van der Waals surface area contributed by atoms with Gasteiger partial charge in [0.1, 0.15) is 0 Å². The molecule has 0 aromatic heterocycles. The van der Waals surface area contributed by atoms with Crippen LogP contribution in [-0.4, -0.2) is 6.18 Å². The van der Waals surface area contributed by atoms with Gasteiger partial charge in [-0.3, -0.25) is 0 Å². The van der Waals surface area contributed by atoms with Gasteiger partial charge in [-0.2, -0.15) is 13.2 Å². The monoisotopic (exact) mass is 202 g/mol. The summed E-state index contributed by atoms with van der Waals surface area (Å²) in [6, 6.07) is 0. The van der Waals surface area contributed by atoms with E-state index in [4.69, 9.17) is 0 Å². The minimum absolute atomic E-state index is 0.239. The third kappa shape index (κ3) is 1.16. The lowest BCUT2D eigenvalue weighted by atomic mass is 9.35. The van der Waals surface area contributed by atoms with Crippen molar-refractivity contribution in [3.8, 4) is 11.8 Å². The maximum absolute atomic E-state index is 12.4. The molecule has 3 rings (SSSR count). The van der Waals surface area contributed by atoms with Gasteiger partial charge in [0, 0.05) is 11.3 Å². The minimum Gasteiger partial charge on any atom is -0.171 e. The van der Waals surface area contributed by atoms with Crippen LogP contribution in [0.5, 0.6) is 0 Å². The average Bonchev–Trinajstić information content (AvgIpc) is 1.76. The van der Waals surface area contributed by atoms with Gasteiger partial charge in [0.25, 0.3) is 0 Å². The van der Waals surface area contributed by atoms with Crippen LogP contribution in [0.1, 0.15) is 33.1 Å². The van der Waals surface area contributed by atoms with E-state index in [2.05, 4.69) is 11.8 Å². The predicted molar refractivity (Wildman–Crippen MR) is 47.4 cm³/mol. The molecule has 0 saturated heterocycles. The molecule has 0 heterocycles. The maximum Gasteiger partial charge on any atom is 0.394 e. The fourth-order valence-electron chi connectivity index (χ4n) is 2.52. The van der Waals surface area contributed by atoms with E-state index < -0.39 is 11.6 Å². The molecule has 3 saturated carbocycles. The van der Waals surface area contributed by atoms with E-state index in [1.165, 1.54) is 0 Å². The van der Waals surface area contributed by atoms with E-state index in [0.717, 1.165) is 0 Å². The number of alkyl halides is 3. The molecule has 0 nitrogen and oxygen atoms in total. The van der Waals surface area contributed by atoms with Crippen molar-refractivity contribution in [3.63, 3.8) is 0 Å². The molecule has 14 heavy (non-hydrogen) atoms. The maximum atomic E-state index is 12.4. The summed E-state index contributed by atoms with van der Waals surface area (Å²) in [4.78, 5) is 0. The summed E-state index contributed by atoms with van der Waals surface area (Å²) in [5.41, 5.74) is -1.61. The second-order valence-electron chi connectivity index (χ2n) is 5.01. The quantitative estimate of drug-likeness (QED) is 0.528. The van der Waals surface area contributed by atoms with E-state index in [-0.39, 0.29) is 30.6 Å². The Morgan fingerprint density at radius 3 is 2.00 bits per heavy atom. The molecule has 0 atom stereocenters. The molecule has 0 aromatic rings. The van der Waals surface area contributed by atoms with Gasteiger partial charge in [-0.15, -0.1) is 0 Å². The normalized spacial score (nSPS) is 39.6. The van der Waals surface area contributed by atoms with Crippen LogP contribution in [0.2, 0.25) is 0 Å². The Morgan fingerprint density at radius 1 is 1.14 bits per heavy atom. The van der Waals surface area contributed by atoms with Gasteiger partial charge in [-0.1, -0.05) is 25.7 Å². The molecule has 0 aromatic carbocycles. The van der Waals surface area contributed by atoms with Crippen LogP contribution in [0, 0.1) is 28.6 Å². The molecule has 3 fully saturated rings. The Labute approximate surface area is 81.9 Å². The molecular formula is C11H13F3. The minimum atomic E-state index is -4.01. The molecule has 0 amide bonds. The van der Waals surface area contributed by atoms with Crippen molar-refractivity contribution in [1.82, 2.24) is 0 Å². The SMILES string of the molecule is CC(C)C#CC12CC(C(F)(F)F)(C1)C2. The highest BCUT2D eigenvalue weighted by atomic mass is 19.4. The number of rotatable bonds is 0. The van der Waals surface area contributed by atoms with Crippen LogP contribution in [0.25, 0.3) is 0 Å². The molecule has 0 N–H and O–H groups in total. The average molecular weight is 202 g/mol. The Bertz CT molecular complexity index is 294. The molecular weight excluding hydrogens is 189 g/mol. The summed E-state index contributed by atoms with van der Waals surface area (Å²) in [6.45, 7) is 3.91. The highest BCUT2D eigenvalue weighted by Gasteiger charge is 2.78. The predicted octanol–water partition coefficient (Wildman–Crippen LogP) is 3.38. The van der Waals surface area contributed by atoms with Crippen molar-refractivity contribution < 1.29 is 13.2 Å². The molecule has 3 aliphatic rings. The lowest BCUT2D eigenvalue weighted by Gasteiger charge is -2.68. The molecule has 0 radical (unpaired) electrons. The van der Waals surface area contributed by atoms with Crippen molar-refractivity contribution in [3.05, 3.63) is 0 Å². The van der Waals surface area contributed by atoms with Gasteiger partial charge in [-0.25, -0.2) is 0 Å². The van der Waals surface area contributed by atoms with Crippen molar-refractivity contribution in [2.75, 3.05) is 0 Å². The first kappa shape index (κ1) is 9.89. The van der Waals surface area contributed by atoms with E-state index in [1.54, 1.807) is 0 Å². The highest BCUT2D eigenvalue weighted by molar-refractivity contribution is 5.32. The molecule has 2 bridgehead atoms. The van der Waals surface area contributed by atoms with Gasteiger partial charge < -0.3 is 0 Å². The van der Waals surface area contributed by atoms with Gasteiger partial charge in [0.2, 0.25) is 0 Å². The first-order valence-corrected chi connectivity index (χ1v) is 4.88. The summed E-state index contributed by atoms with van der Waals surface area (Å²) in [5.74, 6) is 6.24. The second-order valence-corrected chi connectivity index (χ2v) is 5.01. The smallest absolute Gasteiger partial charge is 0.171 e. The Kier molecular flexibility index (Phi) is 1.75. The van der Waals surface area contributed by atoms with Gasteiger partial charge in [0.05, 0.1) is 5.41 Å². The summed E-state index contributed by atoms with van der Waals surface area (Å²) < 4.78 is 37.3. The Balaban J connectivity index is 1.99. The number of halogens is 3. The third-order valence-corrected chi connectivity index (χ3v) is 3.26. The van der Waals surface area contributed by atoms with Gasteiger partial charge in [-0.05, 0) is 19.3 Å². The third-order valence-electron chi connectivity index (χ3n) is 3.26. The van der Waals surface area contributed by atoms with E-state index in [0.29, 0.717) is 0 Å². The first-order valence-electron chi connectivity index (χ1n) is 4.88. The van der Waals surface area contributed by atoms with Crippen molar-refractivity contribution in [2.45, 2.75) is 39.3 Å². The standard InChI is InChI=1S/C11H13F3/c1-8(2)3-4-9-5-10(6-9,7-9)11(12,13)14/h8H,5-7H2,1-2H3. The van der Waals surface area contributed by atoms with Crippen LogP contribution < -0.4 is 0 Å². The lowest BCUT2D eigenvalue weighted by Crippen LogP contribution is -2.67. The van der Waals surface area contributed by atoms with Crippen molar-refractivity contribution in [2.24, 2.45) is 16.7 Å². The van der Waals surface area contributed by atoms with Crippen LogP contribution in [0.4, 0.5) is 13.2 Å². The topological polar surface area (TPSA) is 0 Å². The van der Waals surface area contributed by atoms with Gasteiger partial charge >= 0.3 is 6.18 Å². The zero-order chi connectivity index (χ0) is 10.6. The van der Waals surface area contributed by atoms with E-state index in [9.17, 15) is 13.2 Å². The van der Waals surface area contributed by atoms with Crippen LogP contribution in [0.15, 0.2) is 0 Å². The van der Waals surface area contributed by atoms with Crippen LogP contribution >= 0.6 is 0 Å². The fourth-order valence-corrected chi connectivity index (χ4v) is 2.52. The molecule has 3 heteroatoms. The largest absolute Gasteiger partial charge is 0.394 e. The van der Waals surface area contributed by atoms with Crippen molar-refractivity contribution >= 4 is 0 Å². The molecule has 78 valence electrons. The summed E-state index contributed by atoms with van der Waals surface area (Å²) in [6.07, 6.45) is -3.29. The second kappa shape index (κ2) is 2.48. The van der Waals surface area contributed by atoms with E-state index >= 15 is 0 Å². The number of hydrogen-bond donors (Lipinski definition) is 0. The first-order chi connectivity index (χ1) is 6.29. The van der Waals surface area contributed by atoms with Gasteiger partial charge in [0.15, 0.2) is 0 Å². The number of hydrogen-bond acceptors (Lipinski definition) is 0. The highest BCUT2D eigenvalue weighted by Crippen LogP contribution is 2.78. The summed E-state index contributed by atoms with van der Waals surface area (Å²) in [7, 11) is 0. The Hall–Kier alpha value is -0.650. The van der Waals surface area contributed by atoms with Crippen LogP contribution in [-0.2, 0) is 0 Å². The zero-order valence-corrected chi connectivity index (χ0v) is 8.33. The summed E-state index contributed by atoms with van der Waals surface area (Å²) >= 11 is 0. The molecule has 0 unspecified atom stereocenters. The lowest BCUT2D eigenvalue weighted by molar-refractivity contribution is -0.346. The molecule has 0 aliphatic heterocycles. The fraction of sp³-hybridized carbons (Fsp3) is 0.818. The Morgan fingerprint density at radius 2 is 1.64 bits per heavy atom.